The normalized spacial score (nSPS) is 21.6. The molecule has 2 aliphatic rings. The SMILES string of the molecule is COc1ccc(C=O)cc1CN1CCC2(CCCC2)CC1. The van der Waals surface area contributed by atoms with E-state index in [-0.39, 0.29) is 0 Å². The second-order valence-corrected chi connectivity index (χ2v) is 6.67. The van der Waals surface area contributed by atoms with Crippen LogP contribution in [-0.4, -0.2) is 31.4 Å². The van der Waals surface area contributed by atoms with Crippen LogP contribution in [0.2, 0.25) is 0 Å². The van der Waals surface area contributed by atoms with Gasteiger partial charge in [-0.3, -0.25) is 9.69 Å². The van der Waals surface area contributed by atoms with E-state index < -0.39 is 0 Å². The molecular formula is C18H25NO2. The maximum Gasteiger partial charge on any atom is 0.150 e. The number of benzene rings is 1. The molecule has 1 aliphatic carbocycles. The molecule has 0 radical (unpaired) electrons. The van der Waals surface area contributed by atoms with E-state index >= 15 is 0 Å². The molecule has 1 heterocycles. The zero-order valence-electron chi connectivity index (χ0n) is 12.9. The van der Waals surface area contributed by atoms with Crippen LogP contribution in [0.1, 0.15) is 54.4 Å². The van der Waals surface area contributed by atoms with Crippen LogP contribution in [0.4, 0.5) is 0 Å². The van der Waals surface area contributed by atoms with Gasteiger partial charge in [-0.15, -0.1) is 0 Å². The summed E-state index contributed by atoms with van der Waals surface area (Å²) in [7, 11) is 1.70. The minimum atomic E-state index is 0.658. The van der Waals surface area contributed by atoms with Crippen molar-refractivity contribution in [2.24, 2.45) is 5.41 Å². The summed E-state index contributed by atoms with van der Waals surface area (Å²) in [5, 5.41) is 0. The van der Waals surface area contributed by atoms with Crippen molar-refractivity contribution < 1.29 is 9.53 Å². The molecule has 3 heteroatoms. The largest absolute Gasteiger partial charge is 0.496 e. The fraction of sp³-hybridized carbons (Fsp3) is 0.611. The molecule has 1 saturated heterocycles. The van der Waals surface area contributed by atoms with E-state index in [4.69, 9.17) is 4.74 Å². The number of piperidine rings is 1. The number of hydrogen-bond donors (Lipinski definition) is 0. The molecule has 2 fully saturated rings. The van der Waals surface area contributed by atoms with E-state index in [9.17, 15) is 4.79 Å². The number of aldehydes is 1. The lowest BCUT2D eigenvalue weighted by atomic mass is 9.77. The Kier molecular flexibility index (Phi) is 4.29. The Morgan fingerprint density at radius 2 is 1.90 bits per heavy atom. The maximum atomic E-state index is 11.0. The summed E-state index contributed by atoms with van der Waals surface area (Å²) < 4.78 is 5.44. The van der Waals surface area contributed by atoms with Crippen molar-refractivity contribution in [3.63, 3.8) is 0 Å². The maximum absolute atomic E-state index is 11.0. The zero-order valence-corrected chi connectivity index (χ0v) is 12.9. The van der Waals surface area contributed by atoms with E-state index in [1.54, 1.807) is 7.11 Å². The molecule has 1 spiro atoms. The third-order valence-electron chi connectivity index (χ3n) is 5.42. The molecule has 21 heavy (non-hydrogen) atoms. The highest BCUT2D eigenvalue weighted by atomic mass is 16.5. The molecule has 0 aromatic heterocycles. The van der Waals surface area contributed by atoms with Crippen molar-refractivity contribution in [2.75, 3.05) is 20.2 Å². The van der Waals surface area contributed by atoms with Crippen LogP contribution >= 0.6 is 0 Å². The molecule has 0 amide bonds. The summed E-state index contributed by atoms with van der Waals surface area (Å²) in [4.78, 5) is 13.5. The van der Waals surface area contributed by atoms with E-state index in [0.29, 0.717) is 5.41 Å². The number of methoxy groups -OCH3 is 1. The molecule has 1 aliphatic heterocycles. The van der Waals surface area contributed by atoms with Crippen LogP contribution in [0, 0.1) is 5.41 Å². The first-order valence-electron chi connectivity index (χ1n) is 8.09. The molecule has 114 valence electrons. The molecule has 1 saturated carbocycles. The van der Waals surface area contributed by atoms with Gasteiger partial charge in [0.1, 0.15) is 12.0 Å². The van der Waals surface area contributed by atoms with Crippen molar-refractivity contribution in [1.82, 2.24) is 4.90 Å². The van der Waals surface area contributed by atoms with Gasteiger partial charge in [0, 0.05) is 17.7 Å². The highest BCUT2D eigenvalue weighted by molar-refractivity contribution is 5.75. The first kappa shape index (κ1) is 14.6. The molecular weight excluding hydrogens is 262 g/mol. The molecule has 0 unspecified atom stereocenters. The number of nitrogens with zero attached hydrogens (tertiary/aromatic N) is 1. The highest BCUT2D eigenvalue weighted by Crippen LogP contribution is 2.46. The van der Waals surface area contributed by atoms with Gasteiger partial charge in [-0.2, -0.15) is 0 Å². The number of likely N-dealkylation sites (tertiary alicyclic amines) is 1. The minimum Gasteiger partial charge on any atom is -0.496 e. The second-order valence-electron chi connectivity index (χ2n) is 6.67. The topological polar surface area (TPSA) is 29.5 Å². The Bertz CT molecular complexity index is 496. The van der Waals surface area contributed by atoms with E-state index in [1.807, 2.05) is 18.2 Å². The highest BCUT2D eigenvalue weighted by Gasteiger charge is 2.36. The van der Waals surface area contributed by atoms with Gasteiger partial charge >= 0.3 is 0 Å². The van der Waals surface area contributed by atoms with Crippen molar-refractivity contribution in [2.45, 2.75) is 45.1 Å². The molecule has 3 nitrogen and oxygen atoms in total. The van der Waals surface area contributed by atoms with Crippen LogP contribution in [0.15, 0.2) is 18.2 Å². The average molecular weight is 287 g/mol. The standard InChI is InChI=1S/C18H25NO2/c1-21-17-5-4-15(14-20)12-16(17)13-19-10-8-18(9-11-19)6-2-3-7-18/h4-5,12,14H,2-3,6-11,13H2,1H3. The zero-order chi connectivity index (χ0) is 14.7. The summed E-state index contributed by atoms with van der Waals surface area (Å²) >= 11 is 0. The Labute approximate surface area is 127 Å². The summed E-state index contributed by atoms with van der Waals surface area (Å²) in [6.07, 6.45) is 9.30. The second kappa shape index (κ2) is 6.18. The van der Waals surface area contributed by atoms with Gasteiger partial charge in [-0.25, -0.2) is 0 Å². The van der Waals surface area contributed by atoms with Gasteiger partial charge in [0.25, 0.3) is 0 Å². The predicted molar refractivity (Wildman–Crippen MR) is 83.8 cm³/mol. The molecule has 0 bridgehead atoms. The molecule has 0 N–H and O–H groups in total. The number of hydrogen-bond acceptors (Lipinski definition) is 3. The molecule has 0 atom stereocenters. The van der Waals surface area contributed by atoms with E-state index in [1.165, 1.54) is 51.6 Å². The van der Waals surface area contributed by atoms with Crippen molar-refractivity contribution in [3.05, 3.63) is 29.3 Å². The summed E-state index contributed by atoms with van der Waals surface area (Å²) in [5.74, 6) is 0.891. The summed E-state index contributed by atoms with van der Waals surface area (Å²) in [6, 6.07) is 5.69. The Morgan fingerprint density at radius 3 is 2.52 bits per heavy atom. The smallest absolute Gasteiger partial charge is 0.150 e. The molecule has 1 aromatic carbocycles. The third kappa shape index (κ3) is 3.13. The minimum absolute atomic E-state index is 0.658. The first-order chi connectivity index (χ1) is 10.2. The van der Waals surface area contributed by atoms with Crippen LogP contribution in [-0.2, 0) is 6.54 Å². The van der Waals surface area contributed by atoms with Gasteiger partial charge in [0.2, 0.25) is 0 Å². The third-order valence-corrected chi connectivity index (χ3v) is 5.42. The van der Waals surface area contributed by atoms with Gasteiger partial charge in [-0.1, -0.05) is 12.8 Å². The van der Waals surface area contributed by atoms with Gasteiger partial charge < -0.3 is 4.74 Å². The lowest BCUT2D eigenvalue weighted by Crippen LogP contribution is -2.38. The molecule has 3 rings (SSSR count). The first-order valence-corrected chi connectivity index (χ1v) is 8.09. The number of carbonyl (C=O) groups excluding carboxylic acids is 1. The summed E-state index contributed by atoms with van der Waals surface area (Å²) in [6.45, 7) is 3.24. The van der Waals surface area contributed by atoms with Crippen LogP contribution in [0.3, 0.4) is 0 Å². The lowest BCUT2D eigenvalue weighted by molar-refractivity contribution is 0.103. The Balaban J connectivity index is 1.66. The van der Waals surface area contributed by atoms with E-state index in [2.05, 4.69) is 4.90 Å². The van der Waals surface area contributed by atoms with Gasteiger partial charge in [0.05, 0.1) is 7.11 Å². The van der Waals surface area contributed by atoms with Crippen LogP contribution in [0.25, 0.3) is 0 Å². The van der Waals surface area contributed by atoms with Crippen molar-refractivity contribution in [3.8, 4) is 5.75 Å². The fourth-order valence-corrected chi connectivity index (χ4v) is 4.05. The van der Waals surface area contributed by atoms with Crippen LogP contribution in [0.5, 0.6) is 5.75 Å². The predicted octanol–water partition coefficient (Wildman–Crippen LogP) is 3.66. The van der Waals surface area contributed by atoms with Crippen LogP contribution < -0.4 is 4.74 Å². The Morgan fingerprint density at radius 1 is 1.19 bits per heavy atom. The quantitative estimate of drug-likeness (QED) is 0.791. The number of carbonyl (C=O) groups is 1. The van der Waals surface area contributed by atoms with Crippen molar-refractivity contribution in [1.29, 1.82) is 0 Å². The number of rotatable bonds is 4. The monoisotopic (exact) mass is 287 g/mol. The van der Waals surface area contributed by atoms with Gasteiger partial charge in [-0.05, 0) is 62.4 Å². The van der Waals surface area contributed by atoms with Gasteiger partial charge in [0.15, 0.2) is 0 Å². The lowest BCUT2D eigenvalue weighted by Gasteiger charge is -2.39. The average Bonchev–Trinajstić information content (AvgIpc) is 2.98. The summed E-state index contributed by atoms with van der Waals surface area (Å²) in [5.41, 5.74) is 2.52. The Hall–Kier alpha value is -1.35. The van der Waals surface area contributed by atoms with E-state index in [0.717, 1.165) is 29.7 Å². The molecule has 1 aromatic rings. The fourth-order valence-electron chi connectivity index (χ4n) is 4.05. The van der Waals surface area contributed by atoms with Crippen molar-refractivity contribution >= 4 is 6.29 Å². The number of ether oxygens (including phenoxy) is 1.